The van der Waals surface area contributed by atoms with Crippen LogP contribution in [0.2, 0.25) is 5.02 Å². The Kier molecular flexibility index (Phi) is 4.01. The summed E-state index contributed by atoms with van der Waals surface area (Å²) in [4.78, 5) is 18.7. The summed E-state index contributed by atoms with van der Waals surface area (Å²) in [6.45, 7) is 1.66. The van der Waals surface area contributed by atoms with Crippen LogP contribution >= 0.6 is 27.5 Å². The van der Waals surface area contributed by atoms with Gasteiger partial charge in [-0.3, -0.25) is 0 Å². The fourth-order valence-corrected chi connectivity index (χ4v) is 1.85. The van der Waals surface area contributed by atoms with Crippen LogP contribution in [0, 0.1) is 6.92 Å². The number of ether oxygens (including phenoxy) is 1. The van der Waals surface area contributed by atoms with Gasteiger partial charge in [-0.2, -0.15) is 4.98 Å². The normalized spacial score (nSPS) is 10.3. The molecule has 7 heteroatoms. The predicted octanol–water partition coefficient (Wildman–Crippen LogP) is 3.69. The van der Waals surface area contributed by atoms with Crippen LogP contribution in [0.3, 0.4) is 0 Å². The number of hydrogen-bond donors (Lipinski definition) is 1. The first-order valence-corrected chi connectivity index (χ1v) is 6.34. The lowest BCUT2D eigenvalue weighted by Gasteiger charge is -2.07. The lowest BCUT2D eigenvalue weighted by molar-refractivity contribution is 0.0689. The summed E-state index contributed by atoms with van der Waals surface area (Å²) >= 11 is 9.26. The minimum Gasteiger partial charge on any atom is -0.477 e. The molecule has 0 unspecified atom stereocenters. The number of rotatable bonds is 3. The molecule has 0 aliphatic carbocycles. The minimum absolute atomic E-state index is 0.0580. The van der Waals surface area contributed by atoms with Gasteiger partial charge < -0.3 is 9.84 Å². The lowest BCUT2D eigenvalue weighted by atomic mass is 10.3. The van der Waals surface area contributed by atoms with Crippen molar-refractivity contribution in [2.45, 2.75) is 6.92 Å². The number of benzene rings is 1. The number of hydrogen-bond acceptors (Lipinski definition) is 4. The summed E-state index contributed by atoms with van der Waals surface area (Å²) in [6.07, 6.45) is 0. The molecule has 5 nitrogen and oxygen atoms in total. The van der Waals surface area contributed by atoms with Crippen molar-refractivity contribution < 1.29 is 14.6 Å². The van der Waals surface area contributed by atoms with E-state index in [0.29, 0.717) is 16.5 Å². The highest BCUT2D eigenvalue weighted by Crippen LogP contribution is 2.30. The molecule has 1 heterocycles. The zero-order chi connectivity index (χ0) is 14.0. The highest BCUT2D eigenvalue weighted by atomic mass is 79.9. The van der Waals surface area contributed by atoms with Gasteiger partial charge in [0.25, 0.3) is 0 Å². The Morgan fingerprint density at radius 1 is 1.37 bits per heavy atom. The third-order valence-corrected chi connectivity index (χ3v) is 2.95. The Labute approximate surface area is 122 Å². The summed E-state index contributed by atoms with van der Waals surface area (Å²) in [7, 11) is 0. The van der Waals surface area contributed by atoms with Gasteiger partial charge in [-0.15, -0.1) is 0 Å². The van der Waals surface area contributed by atoms with Crippen LogP contribution in [0.25, 0.3) is 0 Å². The quantitative estimate of drug-likeness (QED) is 0.920. The number of halogens is 2. The molecule has 0 aliphatic heterocycles. The van der Waals surface area contributed by atoms with Gasteiger partial charge >= 0.3 is 12.0 Å². The van der Waals surface area contributed by atoms with Crippen LogP contribution in [-0.2, 0) is 0 Å². The van der Waals surface area contributed by atoms with Gasteiger partial charge in [0.2, 0.25) is 0 Å². The molecule has 0 aliphatic rings. The summed E-state index contributed by atoms with van der Waals surface area (Å²) in [5.74, 6) is -0.798. The monoisotopic (exact) mass is 342 g/mol. The van der Waals surface area contributed by atoms with Gasteiger partial charge in [-0.1, -0.05) is 27.5 Å². The minimum atomic E-state index is -1.14. The first kappa shape index (κ1) is 13.8. The maximum absolute atomic E-state index is 10.9. The van der Waals surface area contributed by atoms with E-state index < -0.39 is 5.97 Å². The molecular weight excluding hydrogens is 336 g/mol. The molecule has 1 N–H and O–H groups in total. The van der Waals surface area contributed by atoms with Gasteiger partial charge in [0.15, 0.2) is 11.4 Å². The van der Waals surface area contributed by atoms with Crippen molar-refractivity contribution in [3.05, 3.63) is 45.1 Å². The van der Waals surface area contributed by atoms with E-state index in [4.69, 9.17) is 21.4 Å². The molecule has 1 aromatic carbocycles. The van der Waals surface area contributed by atoms with Crippen LogP contribution in [-0.4, -0.2) is 21.0 Å². The topological polar surface area (TPSA) is 72.3 Å². The zero-order valence-electron chi connectivity index (χ0n) is 9.72. The van der Waals surface area contributed by atoms with Crippen molar-refractivity contribution in [2.75, 3.05) is 0 Å². The van der Waals surface area contributed by atoms with Crippen LogP contribution in [0.15, 0.2) is 28.7 Å². The molecular formula is C12H8BrClN2O3. The van der Waals surface area contributed by atoms with Gasteiger partial charge in [-0.25, -0.2) is 9.78 Å². The number of carboxylic acids is 1. The Morgan fingerprint density at radius 2 is 2.11 bits per heavy atom. The van der Waals surface area contributed by atoms with Gasteiger partial charge in [0.05, 0.1) is 5.02 Å². The van der Waals surface area contributed by atoms with Crippen molar-refractivity contribution in [2.24, 2.45) is 0 Å². The summed E-state index contributed by atoms with van der Waals surface area (Å²) in [6, 6.07) is 6.35. The van der Waals surface area contributed by atoms with E-state index in [0.717, 1.165) is 4.47 Å². The third-order valence-electron chi connectivity index (χ3n) is 2.15. The zero-order valence-corrected chi connectivity index (χ0v) is 12.1. The van der Waals surface area contributed by atoms with Crippen molar-refractivity contribution in [3.8, 4) is 11.8 Å². The molecule has 0 amide bonds. The average molecular weight is 344 g/mol. The number of aryl methyl sites for hydroxylation is 1. The standard InChI is InChI=1S/C12H8BrClN2O3/c1-6-4-9(11(17)18)16-12(15-6)19-10-5-7(13)2-3-8(10)14/h2-5H,1H3,(H,17,18). The Hall–Kier alpha value is -1.66. The van der Waals surface area contributed by atoms with Crippen LogP contribution < -0.4 is 4.74 Å². The summed E-state index contributed by atoms with van der Waals surface area (Å²) in [5.41, 5.74) is 0.363. The van der Waals surface area contributed by atoms with Crippen LogP contribution in [0.4, 0.5) is 0 Å². The number of nitrogens with zero attached hydrogens (tertiary/aromatic N) is 2. The van der Waals surface area contributed by atoms with Crippen molar-refractivity contribution in [1.29, 1.82) is 0 Å². The molecule has 0 fully saturated rings. The SMILES string of the molecule is Cc1cc(C(=O)O)nc(Oc2cc(Br)ccc2Cl)n1. The van der Waals surface area contributed by atoms with E-state index in [9.17, 15) is 4.79 Å². The second-order valence-electron chi connectivity index (χ2n) is 3.66. The Morgan fingerprint density at radius 3 is 2.79 bits per heavy atom. The largest absolute Gasteiger partial charge is 0.477 e. The van der Waals surface area contributed by atoms with E-state index in [1.165, 1.54) is 6.07 Å². The smallest absolute Gasteiger partial charge is 0.354 e. The maximum atomic E-state index is 10.9. The fourth-order valence-electron chi connectivity index (χ4n) is 1.35. The van der Waals surface area contributed by atoms with Gasteiger partial charge in [0.1, 0.15) is 0 Å². The number of aromatic nitrogens is 2. The number of carbonyl (C=O) groups is 1. The third kappa shape index (κ3) is 3.42. The molecule has 0 saturated carbocycles. The number of carboxylic acid groups (broad SMARTS) is 1. The van der Waals surface area contributed by atoms with E-state index in [-0.39, 0.29) is 11.7 Å². The second kappa shape index (κ2) is 5.54. The van der Waals surface area contributed by atoms with E-state index in [2.05, 4.69) is 25.9 Å². The molecule has 0 spiro atoms. The number of aromatic carboxylic acids is 1. The van der Waals surface area contributed by atoms with Crippen molar-refractivity contribution in [1.82, 2.24) is 9.97 Å². The molecule has 0 radical (unpaired) electrons. The van der Waals surface area contributed by atoms with E-state index in [1.807, 2.05) is 0 Å². The molecule has 2 rings (SSSR count). The molecule has 2 aromatic rings. The van der Waals surface area contributed by atoms with E-state index in [1.54, 1.807) is 25.1 Å². The molecule has 0 saturated heterocycles. The van der Waals surface area contributed by atoms with Gasteiger partial charge in [0, 0.05) is 10.2 Å². The Bertz CT molecular complexity index is 649. The van der Waals surface area contributed by atoms with E-state index >= 15 is 0 Å². The predicted molar refractivity (Wildman–Crippen MR) is 73.0 cm³/mol. The summed E-state index contributed by atoms with van der Waals surface area (Å²) in [5, 5.41) is 9.30. The summed E-state index contributed by atoms with van der Waals surface area (Å²) < 4.78 is 6.19. The second-order valence-corrected chi connectivity index (χ2v) is 4.98. The van der Waals surface area contributed by atoms with Gasteiger partial charge in [-0.05, 0) is 31.2 Å². The first-order chi connectivity index (χ1) is 8.95. The highest BCUT2D eigenvalue weighted by molar-refractivity contribution is 9.10. The van der Waals surface area contributed by atoms with Crippen molar-refractivity contribution in [3.63, 3.8) is 0 Å². The molecule has 0 atom stereocenters. The lowest BCUT2D eigenvalue weighted by Crippen LogP contribution is -2.04. The first-order valence-electron chi connectivity index (χ1n) is 5.17. The molecule has 98 valence electrons. The fraction of sp³-hybridized carbons (Fsp3) is 0.0833. The molecule has 0 bridgehead atoms. The molecule has 19 heavy (non-hydrogen) atoms. The van der Waals surface area contributed by atoms with Crippen molar-refractivity contribution >= 4 is 33.5 Å². The Balaban J connectivity index is 2.38. The highest BCUT2D eigenvalue weighted by Gasteiger charge is 2.11. The van der Waals surface area contributed by atoms with Crippen LogP contribution in [0.1, 0.15) is 16.2 Å². The maximum Gasteiger partial charge on any atom is 0.354 e. The van der Waals surface area contributed by atoms with Crippen LogP contribution in [0.5, 0.6) is 11.8 Å². The molecule has 1 aromatic heterocycles. The average Bonchev–Trinajstić information content (AvgIpc) is 2.33.